The average Bonchev–Trinajstić information content (AvgIpc) is 3.11. The number of hydrogen-bond donors (Lipinski definition) is 1. The molecule has 1 unspecified atom stereocenters. The van der Waals surface area contributed by atoms with Gasteiger partial charge in [0, 0.05) is 5.69 Å². The van der Waals surface area contributed by atoms with Gasteiger partial charge in [-0.1, -0.05) is 81.6 Å². The van der Waals surface area contributed by atoms with Crippen LogP contribution in [0, 0.1) is 0 Å². The number of nitrogens with zero attached hydrogens (tertiary/aromatic N) is 2. The van der Waals surface area contributed by atoms with Gasteiger partial charge in [0.15, 0.2) is 0 Å². The predicted molar refractivity (Wildman–Crippen MR) is 133 cm³/mol. The summed E-state index contributed by atoms with van der Waals surface area (Å²) in [6.45, 7) is 4.41. The van der Waals surface area contributed by atoms with Crippen LogP contribution < -0.4 is 5.32 Å². The van der Waals surface area contributed by atoms with E-state index in [2.05, 4.69) is 19.2 Å². The highest BCUT2D eigenvalue weighted by Gasteiger charge is 2.55. The van der Waals surface area contributed by atoms with Crippen molar-refractivity contribution in [2.45, 2.75) is 70.4 Å². The molecule has 0 aromatic heterocycles. The van der Waals surface area contributed by atoms with Gasteiger partial charge in [-0.3, -0.25) is 14.5 Å². The zero-order chi connectivity index (χ0) is 24.1. The lowest BCUT2D eigenvalue weighted by molar-refractivity contribution is -0.138. The van der Waals surface area contributed by atoms with Gasteiger partial charge in [0.1, 0.15) is 18.4 Å². The number of nitrogens with one attached hydrogen (secondary N) is 1. The molecule has 1 aliphatic heterocycles. The van der Waals surface area contributed by atoms with E-state index in [9.17, 15) is 14.4 Å². The standard InChI is InChI=1S/C28H35N3O3/c1-3-21-14-11-15-22(4-2)26(21)29-25(33)18-30-20-31(24(19-32)23-12-7-5-8-13-23)28(27(30)34)16-9-6-10-17-28/h5,7-8,11-15,19,24H,3-4,6,9-10,16-18,20H2,1-2H3,(H,29,33). The second-order valence-electron chi connectivity index (χ2n) is 9.40. The molecule has 180 valence electrons. The van der Waals surface area contributed by atoms with Gasteiger partial charge in [-0.15, -0.1) is 0 Å². The van der Waals surface area contributed by atoms with Gasteiger partial charge >= 0.3 is 0 Å². The number of aldehydes is 1. The van der Waals surface area contributed by atoms with E-state index in [1.165, 1.54) is 0 Å². The van der Waals surface area contributed by atoms with E-state index in [-0.39, 0.29) is 25.0 Å². The van der Waals surface area contributed by atoms with Crippen LogP contribution in [-0.2, 0) is 27.2 Å². The van der Waals surface area contributed by atoms with Crippen molar-refractivity contribution in [2.75, 3.05) is 18.5 Å². The molecule has 34 heavy (non-hydrogen) atoms. The Labute approximate surface area is 202 Å². The third kappa shape index (κ3) is 4.51. The zero-order valence-corrected chi connectivity index (χ0v) is 20.3. The minimum absolute atomic E-state index is 0.0152. The van der Waals surface area contributed by atoms with Gasteiger partial charge in [0.25, 0.3) is 0 Å². The molecule has 6 heteroatoms. The highest BCUT2D eigenvalue weighted by Crippen LogP contribution is 2.43. The maximum atomic E-state index is 13.8. The topological polar surface area (TPSA) is 69.7 Å². The fourth-order valence-corrected chi connectivity index (χ4v) is 5.65. The molecule has 6 nitrogen and oxygen atoms in total. The minimum Gasteiger partial charge on any atom is -0.324 e. The van der Waals surface area contributed by atoms with Crippen molar-refractivity contribution in [3.63, 3.8) is 0 Å². The summed E-state index contributed by atoms with van der Waals surface area (Å²) in [6, 6.07) is 15.2. The molecule has 4 rings (SSSR count). The number of amides is 2. The summed E-state index contributed by atoms with van der Waals surface area (Å²) in [7, 11) is 0. The largest absolute Gasteiger partial charge is 0.324 e. The molecule has 1 spiro atoms. The Morgan fingerprint density at radius 3 is 2.24 bits per heavy atom. The normalized spacial score (nSPS) is 18.8. The number of para-hydroxylation sites is 1. The molecule has 1 N–H and O–H groups in total. The number of carbonyl (C=O) groups excluding carboxylic acids is 3. The molecule has 1 saturated heterocycles. The van der Waals surface area contributed by atoms with E-state index in [1.54, 1.807) is 4.90 Å². The van der Waals surface area contributed by atoms with E-state index in [0.717, 1.165) is 73.6 Å². The van der Waals surface area contributed by atoms with Crippen LogP contribution in [0.3, 0.4) is 0 Å². The summed E-state index contributed by atoms with van der Waals surface area (Å²) in [5.41, 5.74) is 3.22. The Kier molecular flexibility index (Phi) is 7.47. The fraction of sp³-hybridized carbons (Fsp3) is 0.464. The van der Waals surface area contributed by atoms with Gasteiger partial charge in [0.2, 0.25) is 11.8 Å². The first-order chi connectivity index (χ1) is 16.5. The van der Waals surface area contributed by atoms with Crippen LogP contribution in [-0.4, -0.2) is 46.7 Å². The second kappa shape index (κ2) is 10.5. The van der Waals surface area contributed by atoms with Gasteiger partial charge in [-0.2, -0.15) is 0 Å². The van der Waals surface area contributed by atoms with E-state index in [1.807, 2.05) is 53.4 Å². The molecule has 0 radical (unpaired) electrons. The van der Waals surface area contributed by atoms with Gasteiger partial charge in [-0.05, 0) is 42.4 Å². The van der Waals surface area contributed by atoms with Crippen molar-refractivity contribution < 1.29 is 14.4 Å². The molecule has 2 fully saturated rings. The first-order valence-electron chi connectivity index (χ1n) is 12.5. The fourth-order valence-electron chi connectivity index (χ4n) is 5.65. The lowest BCUT2D eigenvalue weighted by Gasteiger charge is -2.41. The molecule has 1 atom stereocenters. The van der Waals surface area contributed by atoms with Crippen molar-refractivity contribution in [1.82, 2.24) is 9.80 Å². The third-order valence-corrected chi connectivity index (χ3v) is 7.44. The van der Waals surface area contributed by atoms with Crippen LogP contribution in [0.4, 0.5) is 5.69 Å². The SMILES string of the molecule is CCc1cccc(CC)c1NC(=O)CN1CN(C(C=O)c2ccccc2)C2(CCCCC2)C1=O. The molecule has 1 heterocycles. The van der Waals surface area contributed by atoms with E-state index in [4.69, 9.17) is 0 Å². The monoisotopic (exact) mass is 461 g/mol. The smallest absolute Gasteiger partial charge is 0.244 e. The molecular formula is C28H35N3O3. The Morgan fingerprint density at radius 1 is 1.00 bits per heavy atom. The summed E-state index contributed by atoms with van der Waals surface area (Å²) in [4.78, 5) is 42.9. The average molecular weight is 462 g/mol. The van der Waals surface area contributed by atoms with Crippen LogP contribution in [0.5, 0.6) is 0 Å². The van der Waals surface area contributed by atoms with Crippen molar-refractivity contribution >= 4 is 23.8 Å². The minimum atomic E-state index is -0.712. The summed E-state index contributed by atoms with van der Waals surface area (Å²) in [5, 5.41) is 3.09. The molecule has 2 aromatic rings. The summed E-state index contributed by atoms with van der Waals surface area (Å²) in [6.07, 6.45) is 7.02. The highest BCUT2D eigenvalue weighted by atomic mass is 16.2. The number of anilines is 1. The van der Waals surface area contributed by atoms with Crippen LogP contribution in [0.25, 0.3) is 0 Å². The lowest BCUT2D eigenvalue weighted by atomic mass is 9.79. The van der Waals surface area contributed by atoms with Crippen molar-refractivity contribution in [2.24, 2.45) is 0 Å². The van der Waals surface area contributed by atoms with Crippen LogP contribution in [0.2, 0.25) is 0 Å². The summed E-state index contributed by atoms with van der Waals surface area (Å²) in [5.74, 6) is -0.219. The number of carbonyl (C=O) groups is 3. The van der Waals surface area contributed by atoms with Gasteiger partial charge in [0.05, 0.1) is 12.7 Å². The van der Waals surface area contributed by atoms with Gasteiger partial charge in [-0.25, -0.2) is 0 Å². The van der Waals surface area contributed by atoms with Crippen molar-refractivity contribution in [3.05, 3.63) is 65.2 Å². The molecule has 1 aliphatic carbocycles. The summed E-state index contributed by atoms with van der Waals surface area (Å²) >= 11 is 0. The van der Waals surface area contributed by atoms with Gasteiger partial charge < -0.3 is 15.0 Å². The highest BCUT2D eigenvalue weighted by molar-refractivity contribution is 5.98. The zero-order valence-electron chi connectivity index (χ0n) is 20.3. The van der Waals surface area contributed by atoms with Crippen molar-refractivity contribution in [3.8, 4) is 0 Å². The molecule has 0 bridgehead atoms. The first kappa shape index (κ1) is 24.1. The number of hydrogen-bond acceptors (Lipinski definition) is 4. The van der Waals surface area contributed by atoms with E-state index >= 15 is 0 Å². The number of aryl methyl sites for hydroxylation is 2. The predicted octanol–water partition coefficient (Wildman–Crippen LogP) is 4.49. The van der Waals surface area contributed by atoms with E-state index in [0.29, 0.717) is 0 Å². The Bertz CT molecular complexity index is 1010. The Balaban J connectivity index is 1.58. The Morgan fingerprint density at radius 2 is 1.65 bits per heavy atom. The maximum absolute atomic E-state index is 13.8. The molecular weight excluding hydrogens is 426 g/mol. The third-order valence-electron chi connectivity index (χ3n) is 7.44. The van der Waals surface area contributed by atoms with Crippen LogP contribution >= 0.6 is 0 Å². The first-order valence-corrected chi connectivity index (χ1v) is 12.5. The number of benzene rings is 2. The quantitative estimate of drug-likeness (QED) is 0.588. The Hall–Kier alpha value is -2.99. The lowest BCUT2D eigenvalue weighted by Crippen LogP contribution is -2.52. The molecule has 2 amide bonds. The molecule has 1 saturated carbocycles. The van der Waals surface area contributed by atoms with E-state index < -0.39 is 11.6 Å². The molecule has 2 aromatic carbocycles. The molecule has 2 aliphatic rings. The van der Waals surface area contributed by atoms with Crippen LogP contribution in [0.1, 0.15) is 68.7 Å². The maximum Gasteiger partial charge on any atom is 0.244 e. The second-order valence-corrected chi connectivity index (χ2v) is 9.40. The van der Waals surface area contributed by atoms with Crippen molar-refractivity contribution in [1.29, 1.82) is 0 Å². The number of rotatable bonds is 8. The summed E-state index contributed by atoms with van der Waals surface area (Å²) < 4.78 is 0. The van der Waals surface area contributed by atoms with Crippen LogP contribution in [0.15, 0.2) is 48.5 Å².